The van der Waals surface area contributed by atoms with Crippen LogP contribution in [0.1, 0.15) is 44.9 Å². The quantitative estimate of drug-likeness (QED) is 0.671. The highest BCUT2D eigenvalue weighted by Gasteiger charge is 2.22. The van der Waals surface area contributed by atoms with Crippen LogP contribution < -0.4 is 11.1 Å². The molecule has 0 aromatic rings. The van der Waals surface area contributed by atoms with E-state index in [9.17, 15) is 4.79 Å². The Bertz CT molecular complexity index is 174. The molecule has 1 aliphatic carbocycles. The van der Waals surface area contributed by atoms with Crippen molar-refractivity contribution < 1.29 is 4.79 Å². The molecule has 0 aliphatic heterocycles. The van der Waals surface area contributed by atoms with Crippen molar-refractivity contribution in [3.63, 3.8) is 0 Å². The van der Waals surface area contributed by atoms with Crippen molar-refractivity contribution in [1.82, 2.24) is 5.32 Å². The highest BCUT2D eigenvalue weighted by atomic mass is 16.1. The van der Waals surface area contributed by atoms with Crippen molar-refractivity contribution in [2.75, 3.05) is 7.05 Å². The first-order valence-electron chi connectivity index (χ1n) is 5.69. The molecular weight excluding hydrogens is 176 g/mol. The number of hydrogen-bond donors (Lipinski definition) is 2. The minimum Gasteiger partial charge on any atom is -0.370 e. The smallest absolute Gasteiger partial charge is 0.218 e. The Hall–Kier alpha value is -0.570. The van der Waals surface area contributed by atoms with Gasteiger partial charge in [-0.2, -0.15) is 0 Å². The summed E-state index contributed by atoms with van der Waals surface area (Å²) in [4.78, 5) is 10.9. The summed E-state index contributed by atoms with van der Waals surface area (Å²) in [5.41, 5.74) is 5.24. The molecule has 1 unspecified atom stereocenters. The number of nitrogens with one attached hydrogen (secondary N) is 1. The summed E-state index contributed by atoms with van der Waals surface area (Å²) in [5, 5.41) is 3.23. The summed E-state index contributed by atoms with van der Waals surface area (Å²) in [7, 11) is 1.93. The van der Waals surface area contributed by atoms with Gasteiger partial charge in [-0.05, 0) is 25.8 Å². The second kappa shape index (κ2) is 6.02. The van der Waals surface area contributed by atoms with Crippen LogP contribution in [0.25, 0.3) is 0 Å². The maximum atomic E-state index is 10.9. The zero-order chi connectivity index (χ0) is 10.4. The molecule has 1 fully saturated rings. The summed E-state index contributed by atoms with van der Waals surface area (Å²) in [6, 6.07) is 0.297. The molecule has 82 valence electrons. The number of amides is 1. The second-order valence-electron chi connectivity index (χ2n) is 4.32. The molecule has 1 aliphatic rings. The number of carbonyl (C=O) groups excluding carboxylic acids is 1. The van der Waals surface area contributed by atoms with Gasteiger partial charge in [-0.15, -0.1) is 0 Å². The van der Waals surface area contributed by atoms with Crippen LogP contribution in [0.4, 0.5) is 0 Å². The molecule has 3 N–H and O–H groups in total. The van der Waals surface area contributed by atoms with Crippen molar-refractivity contribution in [3.8, 4) is 0 Å². The van der Waals surface area contributed by atoms with Gasteiger partial charge in [-0.25, -0.2) is 0 Å². The summed E-state index contributed by atoms with van der Waals surface area (Å²) in [6.07, 6.45) is 8.30. The lowest BCUT2D eigenvalue weighted by molar-refractivity contribution is -0.118. The van der Waals surface area contributed by atoms with Crippen LogP contribution in [-0.4, -0.2) is 19.0 Å². The van der Waals surface area contributed by atoms with Gasteiger partial charge in [0.05, 0.1) is 0 Å². The Morgan fingerprint density at radius 3 is 2.36 bits per heavy atom. The third-order valence-corrected chi connectivity index (χ3v) is 3.26. The molecule has 1 rings (SSSR count). The summed E-state index contributed by atoms with van der Waals surface area (Å²) >= 11 is 0. The third-order valence-electron chi connectivity index (χ3n) is 3.26. The first-order valence-corrected chi connectivity index (χ1v) is 5.69. The zero-order valence-corrected chi connectivity index (χ0v) is 9.09. The van der Waals surface area contributed by atoms with Crippen LogP contribution in [0.5, 0.6) is 0 Å². The molecule has 0 heterocycles. The van der Waals surface area contributed by atoms with Gasteiger partial charge in [0.1, 0.15) is 0 Å². The van der Waals surface area contributed by atoms with Crippen molar-refractivity contribution in [1.29, 1.82) is 0 Å². The molecule has 0 aromatic carbocycles. The summed E-state index contributed by atoms with van der Waals surface area (Å²) < 4.78 is 0. The molecule has 3 nitrogen and oxygen atoms in total. The predicted molar refractivity (Wildman–Crippen MR) is 57.9 cm³/mol. The number of carbonyl (C=O) groups is 1. The molecule has 1 atom stereocenters. The van der Waals surface area contributed by atoms with E-state index in [2.05, 4.69) is 5.32 Å². The third kappa shape index (κ3) is 3.66. The predicted octanol–water partition coefficient (Wildman–Crippen LogP) is 1.42. The molecule has 0 saturated heterocycles. The maximum absolute atomic E-state index is 10.9. The van der Waals surface area contributed by atoms with E-state index in [-0.39, 0.29) is 5.91 Å². The zero-order valence-electron chi connectivity index (χ0n) is 9.09. The van der Waals surface area contributed by atoms with Crippen LogP contribution in [0.2, 0.25) is 0 Å². The molecule has 1 saturated carbocycles. The largest absolute Gasteiger partial charge is 0.370 e. The van der Waals surface area contributed by atoms with Gasteiger partial charge < -0.3 is 11.1 Å². The minimum atomic E-state index is -0.186. The Morgan fingerprint density at radius 2 is 1.93 bits per heavy atom. The van der Waals surface area contributed by atoms with E-state index in [0.29, 0.717) is 18.4 Å². The van der Waals surface area contributed by atoms with E-state index in [0.717, 1.165) is 0 Å². The topological polar surface area (TPSA) is 55.1 Å². The normalized spacial score (nSPS) is 21.5. The van der Waals surface area contributed by atoms with Gasteiger partial charge in [-0.1, -0.05) is 25.7 Å². The van der Waals surface area contributed by atoms with Crippen LogP contribution in [-0.2, 0) is 4.79 Å². The average Bonchev–Trinajstić information content (AvgIpc) is 2.41. The van der Waals surface area contributed by atoms with E-state index >= 15 is 0 Å². The molecule has 0 spiro atoms. The first-order chi connectivity index (χ1) is 6.74. The Labute approximate surface area is 86.4 Å². The molecule has 1 amide bonds. The van der Waals surface area contributed by atoms with Gasteiger partial charge in [0, 0.05) is 12.5 Å². The lowest BCUT2D eigenvalue weighted by atomic mass is 9.90. The molecule has 14 heavy (non-hydrogen) atoms. The van der Waals surface area contributed by atoms with Crippen molar-refractivity contribution in [3.05, 3.63) is 0 Å². The Kier molecular flexibility index (Phi) is 4.94. The number of hydrogen-bond acceptors (Lipinski definition) is 2. The van der Waals surface area contributed by atoms with Gasteiger partial charge in [0.15, 0.2) is 0 Å². The average molecular weight is 198 g/mol. The van der Waals surface area contributed by atoms with Crippen molar-refractivity contribution in [2.24, 2.45) is 11.7 Å². The van der Waals surface area contributed by atoms with Crippen molar-refractivity contribution >= 4 is 5.91 Å². The molecular formula is C11H22N2O. The van der Waals surface area contributed by atoms with Crippen LogP contribution in [0.3, 0.4) is 0 Å². The summed E-state index contributed by atoms with van der Waals surface area (Å²) in [6.45, 7) is 0. The van der Waals surface area contributed by atoms with Gasteiger partial charge in [0.25, 0.3) is 0 Å². The van der Waals surface area contributed by atoms with Crippen LogP contribution in [0, 0.1) is 5.92 Å². The standard InChI is InChI=1S/C11H22N2O/c1-13-10(8-11(12)14)9-6-4-2-3-5-7-9/h9-10,13H,2-8H2,1H3,(H2,12,14). The van der Waals surface area contributed by atoms with Crippen molar-refractivity contribution in [2.45, 2.75) is 51.0 Å². The Balaban J connectivity index is 2.44. The molecule has 0 bridgehead atoms. The minimum absolute atomic E-state index is 0.186. The molecule has 3 heteroatoms. The van der Waals surface area contributed by atoms with Gasteiger partial charge in [0.2, 0.25) is 5.91 Å². The lowest BCUT2D eigenvalue weighted by Gasteiger charge is -2.24. The molecule has 0 aromatic heterocycles. The van der Waals surface area contributed by atoms with E-state index in [1.54, 1.807) is 0 Å². The van der Waals surface area contributed by atoms with E-state index in [4.69, 9.17) is 5.73 Å². The van der Waals surface area contributed by atoms with E-state index in [1.807, 2.05) is 7.05 Å². The number of primary amides is 1. The fraction of sp³-hybridized carbons (Fsp3) is 0.909. The SMILES string of the molecule is CNC(CC(N)=O)C1CCCCCC1. The fourth-order valence-electron chi connectivity index (χ4n) is 2.43. The van der Waals surface area contributed by atoms with Gasteiger partial charge >= 0.3 is 0 Å². The Morgan fingerprint density at radius 1 is 1.36 bits per heavy atom. The number of nitrogens with two attached hydrogens (primary N) is 1. The molecule has 0 radical (unpaired) electrons. The highest BCUT2D eigenvalue weighted by Crippen LogP contribution is 2.26. The maximum Gasteiger partial charge on any atom is 0.218 e. The highest BCUT2D eigenvalue weighted by molar-refractivity contribution is 5.74. The first kappa shape index (κ1) is 11.5. The van der Waals surface area contributed by atoms with E-state index in [1.165, 1.54) is 38.5 Å². The number of rotatable bonds is 4. The van der Waals surface area contributed by atoms with E-state index < -0.39 is 0 Å². The second-order valence-corrected chi connectivity index (χ2v) is 4.32. The van der Waals surface area contributed by atoms with Crippen LogP contribution in [0.15, 0.2) is 0 Å². The monoisotopic (exact) mass is 198 g/mol. The van der Waals surface area contributed by atoms with Gasteiger partial charge in [-0.3, -0.25) is 4.79 Å². The fourth-order valence-corrected chi connectivity index (χ4v) is 2.43. The lowest BCUT2D eigenvalue weighted by Crippen LogP contribution is -2.37. The van der Waals surface area contributed by atoms with Crippen LogP contribution >= 0.6 is 0 Å². The summed E-state index contributed by atoms with van der Waals surface area (Å²) in [5.74, 6) is 0.462.